The van der Waals surface area contributed by atoms with Crippen molar-refractivity contribution in [3.8, 4) is 11.1 Å². The molecule has 1 N–H and O–H groups in total. The molecule has 0 unspecified atom stereocenters. The number of carbonyl (C=O) groups excluding carboxylic acids is 2. The van der Waals surface area contributed by atoms with Gasteiger partial charge in [0.15, 0.2) is 0 Å². The smallest absolute Gasteiger partial charge is 0.407 e. The molecule has 2 aromatic rings. The van der Waals surface area contributed by atoms with Crippen molar-refractivity contribution in [3.63, 3.8) is 0 Å². The van der Waals surface area contributed by atoms with E-state index in [-0.39, 0.29) is 24.9 Å². The Labute approximate surface area is 802 Å². The van der Waals surface area contributed by atoms with E-state index in [1.54, 1.807) is 0 Å². The van der Waals surface area contributed by atoms with E-state index < -0.39 is 11.7 Å². The average molecular weight is 1950 g/mol. The van der Waals surface area contributed by atoms with Crippen LogP contribution in [0.1, 0.15) is 44.2 Å². The molecular formula is C94H169NO40. The van der Waals surface area contributed by atoms with Gasteiger partial charge >= 0.3 is 12.1 Å². The quantitative estimate of drug-likeness (QED) is 0.0682. The number of carbonyl (C=O) groups is 2. The van der Waals surface area contributed by atoms with Crippen LogP contribution in [-0.4, -0.2) is 507 Å². The second-order valence-corrected chi connectivity index (χ2v) is 29.6. The van der Waals surface area contributed by atoms with Gasteiger partial charge in [-0.2, -0.15) is 0 Å². The molecule has 0 fully saturated rings. The lowest BCUT2D eigenvalue weighted by Gasteiger charge is -2.19. The maximum atomic E-state index is 12.3. The van der Waals surface area contributed by atoms with Crippen LogP contribution in [-0.2, 0) is 185 Å². The van der Waals surface area contributed by atoms with Gasteiger partial charge in [0.05, 0.1) is 482 Å². The van der Waals surface area contributed by atoms with Gasteiger partial charge in [-0.05, 0) is 43.0 Å². The molecule has 2 aromatic carbocycles. The molecule has 0 radical (unpaired) electrons. The van der Waals surface area contributed by atoms with E-state index in [0.717, 1.165) is 0 Å². The molecule has 0 atom stereocenters. The standard InChI is InChI=1S/C94H169NO40/c1-94(2,3)135-92(96)12-14-98-16-18-100-20-22-102-24-26-104-28-30-106-32-34-108-36-38-110-40-42-112-44-46-114-48-50-116-52-54-118-56-58-120-60-62-122-64-66-124-68-70-126-72-74-128-76-78-130-80-82-132-84-85-133-83-81-131-79-77-129-75-73-127-71-69-125-67-65-123-63-61-121-59-57-119-55-53-117-51-49-115-47-45-113-43-41-111-39-37-109-35-33-107-31-29-105-27-25-103-23-21-101-19-17-99-15-13-95-93(97)134-86-91-89-10-6-4-8-87(89)88-9-5-7-11-90(88)91/h4-11,91H,12-86H2,1-3H3,(H,95,97). The summed E-state index contributed by atoms with van der Waals surface area (Å²) >= 11 is 0. The number of hydrogen-bond acceptors (Lipinski definition) is 40. The van der Waals surface area contributed by atoms with Crippen LogP contribution >= 0.6 is 0 Å². The molecule has 790 valence electrons. The number of rotatable bonds is 113. The van der Waals surface area contributed by atoms with Crippen molar-refractivity contribution in [2.24, 2.45) is 0 Å². The summed E-state index contributed by atoms with van der Waals surface area (Å²) < 4.78 is 210. The van der Waals surface area contributed by atoms with Gasteiger partial charge in [0.2, 0.25) is 0 Å². The molecule has 0 heterocycles. The molecule has 41 nitrogen and oxygen atoms in total. The van der Waals surface area contributed by atoms with Gasteiger partial charge < -0.3 is 185 Å². The Balaban J connectivity index is 0.823. The summed E-state index contributed by atoms with van der Waals surface area (Å²) in [6.07, 6.45) is -0.241. The van der Waals surface area contributed by atoms with E-state index in [1.165, 1.54) is 22.3 Å². The Kier molecular flexibility index (Phi) is 95.0. The molecular weight excluding hydrogens is 1780 g/mol. The first-order chi connectivity index (χ1) is 66.8. The van der Waals surface area contributed by atoms with Gasteiger partial charge in [-0.1, -0.05) is 48.5 Å². The van der Waals surface area contributed by atoms with Gasteiger partial charge in [0.25, 0.3) is 0 Å². The third kappa shape index (κ3) is 89.6. The molecule has 135 heavy (non-hydrogen) atoms. The zero-order chi connectivity index (χ0) is 95.8. The number of amides is 1. The van der Waals surface area contributed by atoms with Crippen molar-refractivity contribution in [1.29, 1.82) is 0 Å². The number of ether oxygens (including phenoxy) is 38. The van der Waals surface area contributed by atoms with Crippen molar-refractivity contribution in [2.45, 2.75) is 38.7 Å². The van der Waals surface area contributed by atoms with Crippen LogP contribution in [0.4, 0.5) is 4.79 Å². The molecule has 0 spiro atoms. The predicted molar refractivity (Wildman–Crippen MR) is 493 cm³/mol. The molecule has 41 heteroatoms. The van der Waals surface area contributed by atoms with Crippen molar-refractivity contribution >= 4 is 12.1 Å². The lowest BCUT2D eigenvalue weighted by Crippen LogP contribution is -2.29. The average Bonchev–Trinajstić information content (AvgIpc) is 1.62. The predicted octanol–water partition coefficient (Wildman–Crippen LogP) is 4.85. The summed E-state index contributed by atoms with van der Waals surface area (Å²) in [5.41, 5.74) is 4.25. The summed E-state index contributed by atoms with van der Waals surface area (Å²) in [5, 5.41) is 2.75. The van der Waals surface area contributed by atoms with E-state index in [4.69, 9.17) is 180 Å². The molecule has 3 rings (SSSR count). The summed E-state index contributed by atoms with van der Waals surface area (Å²) in [7, 11) is 0. The zero-order valence-corrected chi connectivity index (χ0v) is 81.6. The molecule has 0 aromatic heterocycles. The maximum absolute atomic E-state index is 12.3. The second kappa shape index (κ2) is 103. The molecule has 1 amide bonds. The minimum absolute atomic E-state index is 0.0233. The maximum Gasteiger partial charge on any atom is 0.407 e. The summed E-state index contributed by atoms with van der Waals surface area (Å²) in [6.45, 7) is 39.5. The summed E-state index contributed by atoms with van der Waals surface area (Å²) in [6, 6.07) is 16.5. The molecule has 0 aliphatic heterocycles. The van der Waals surface area contributed by atoms with Gasteiger partial charge in [0.1, 0.15) is 12.2 Å². The normalized spacial score (nSPS) is 12.2. The van der Waals surface area contributed by atoms with E-state index in [9.17, 15) is 9.59 Å². The van der Waals surface area contributed by atoms with E-state index >= 15 is 0 Å². The molecule has 0 bridgehead atoms. The monoisotopic (exact) mass is 1950 g/mol. The fourth-order valence-corrected chi connectivity index (χ4v) is 11.2. The van der Waals surface area contributed by atoms with Crippen LogP contribution in [0.25, 0.3) is 11.1 Å². The topological polar surface area (TPSA) is 397 Å². The third-order valence-electron chi connectivity index (χ3n) is 17.8. The van der Waals surface area contributed by atoms with Gasteiger partial charge in [-0.3, -0.25) is 4.79 Å². The Morgan fingerprint density at radius 2 is 0.348 bits per heavy atom. The van der Waals surface area contributed by atoms with E-state index in [2.05, 4.69) is 29.6 Å². The number of nitrogens with one attached hydrogen (secondary N) is 1. The molecule has 1 aliphatic rings. The first-order valence-corrected chi connectivity index (χ1v) is 47.9. The van der Waals surface area contributed by atoms with Crippen molar-refractivity contribution in [2.75, 3.05) is 489 Å². The Morgan fingerprint density at radius 1 is 0.207 bits per heavy atom. The highest BCUT2D eigenvalue weighted by molar-refractivity contribution is 5.79. The Hall–Kier alpha value is -4.26. The SMILES string of the molecule is CC(C)(C)OC(=O)CCOCCOCCOCCOCCOCCOCCOCCOCCOCCOCCOCCOCCOCCOCCOCCOCCOCCOCCOCCOCCOCCOCCOCCOCCOCCOCCOCCOCCOCCOCCOCCOCCOCCOCCOCCOCCNC(=O)OCC1c2ccccc2-c2ccccc21. The van der Waals surface area contributed by atoms with Gasteiger partial charge in [-0.15, -0.1) is 0 Å². The van der Waals surface area contributed by atoms with E-state index in [0.29, 0.717) is 482 Å². The highest BCUT2D eigenvalue weighted by Gasteiger charge is 2.29. The zero-order valence-electron chi connectivity index (χ0n) is 81.6. The lowest BCUT2D eigenvalue weighted by molar-refractivity contribution is -0.156. The van der Waals surface area contributed by atoms with Crippen LogP contribution in [0, 0.1) is 0 Å². The van der Waals surface area contributed by atoms with Crippen LogP contribution in [0.2, 0.25) is 0 Å². The molecule has 0 saturated heterocycles. The molecule has 1 aliphatic carbocycles. The second-order valence-electron chi connectivity index (χ2n) is 29.6. The number of esters is 1. The highest BCUT2D eigenvalue weighted by Crippen LogP contribution is 2.44. The van der Waals surface area contributed by atoms with Crippen LogP contribution in [0.3, 0.4) is 0 Å². The van der Waals surface area contributed by atoms with Crippen LogP contribution < -0.4 is 5.32 Å². The fourth-order valence-electron chi connectivity index (χ4n) is 11.2. The van der Waals surface area contributed by atoms with Gasteiger partial charge in [-0.25, -0.2) is 4.79 Å². The number of alkyl carbamates (subject to hydrolysis) is 1. The fraction of sp³-hybridized carbons (Fsp3) is 0.851. The summed E-state index contributed by atoms with van der Waals surface area (Å²) in [5.74, 6) is -0.250. The highest BCUT2D eigenvalue weighted by atomic mass is 16.6. The summed E-state index contributed by atoms with van der Waals surface area (Å²) in [4.78, 5) is 24.0. The Bertz CT molecular complexity index is 2660. The number of hydrogen-bond donors (Lipinski definition) is 1. The van der Waals surface area contributed by atoms with Crippen LogP contribution in [0.15, 0.2) is 48.5 Å². The molecule has 0 saturated carbocycles. The minimum Gasteiger partial charge on any atom is -0.460 e. The number of fused-ring (bicyclic) bond motifs is 3. The lowest BCUT2D eigenvalue weighted by atomic mass is 9.98. The first kappa shape index (κ1) is 125. The third-order valence-corrected chi connectivity index (χ3v) is 17.8. The van der Waals surface area contributed by atoms with Gasteiger partial charge in [0, 0.05) is 12.5 Å². The van der Waals surface area contributed by atoms with Crippen molar-refractivity contribution in [1.82, 2.24) is 5.32 Å². The van der Waals surface area contributed by atoms with Crippen molar-refractivity contribution < 1.29 is 190 Å². The van der Waals surface area contributed by atoms with Crippen LogP contribution in [0.5, 0.6) is 0 Å². The minimum atomic E-state index is -0.488. The van der Waals surface area contributed by atoms with E-state index in [1.807, 2.05) is 45.0 Å². The largest absolute Gasteiger partial charge is 0.460 e. The first-order valence-electron chi connectivity index (χ1n) is 47.9. The Morgan fingerprint density at radius 3 is 0.504 bits per heavy atom. The number of benzene rings is 2. The van der Waals surface area contributed by atoms with Crippen molar-refractivity contribution in [3.05, 3.63) is 59.7 Å².